The number of hydrogen-bond acceptors (Lipinski definition) is 5. The van der Waals surface area contributed by atoms with Crippen LogP contribution in [0.3, 0.4) is 0 Å². The van der Waals surface area contributed by atoms with Crippen LogP contribution in [0, 0.1) is 6.92 Å². The lowest BCUT2D eigenvalue weighted by Crippen LogP contribution is -2.34. The predicted molar refractivity (Wildman–Crippen MR) is 108 cm³/mol. The molecule has 7 nitrogen and oxygen atoms in total. The van der Waals surface area contributed by atoms with Crippen LogP contribution in [-0.2, 0) is 17.9 Å². The maximum atomic E-state index is 12.8. The van der Waals surface area contributed by atoms with E-state index in [-0.39, 0.29) is 17.8 Å². The molecular weight excluding hydrogens is 378 g/mol. The Kier molecular flexibility index (Phi) is 5.79. The smallest absolute Gasteiger partial charge is 0.323 e. The van der Waals surface area contributed by atoms with Gasteiger partial charge in [-0.2, -0.15) is 0 Å². The van der Waals surface area contributed by atoms with Gasteiger partial charge in [0.05, 0.1) is 5.03 Å². The van der Waals surface area contributed by atoms with Crippen molar-refractivity contribution in [3.05, 3.63) is 69.5 Å². The number of carbonyl (C=O) groups is 2. The molecule has 1 amide bonds. The molecule has 0 bridgehead atoms. The van der Waals surface area contributed by atoms with E-state index in [0.29, 0.717) is 10.4 Å². The Balaban J connectivity index is 1.98. The summed E-state index contributed by atoms with van der Waals surface area (Å²) in [5.41, 5.74) is 1.46. The number of fused-ring (bicyclic) bond motifs is 1. The predicted octanol–water partition coefficient (Wildman–Crippen LogP) is 2.44. The number of aryl methyl sites for hydroxylation is 1. The van der Waals surface area contributed by atoms with Gasteiger partial charge < -0.3 is 10.4 Å². The molecule has 0 radical (unpaired) electrons. The molecule has 0 saturated heterocycles. The molecule has 3 aromatic rings. The maximum Gasteiger partial charge on any atom is 0.323 e. The van der Waals surface area contributed by atoms with Crippen molar-refractivity contribution in [2.75, 3.05) is 6.26 Å². The van der Waals surface area contributed by atoms with Gasteiger partial charge in [-0.1, -0.05) is 29.8 Å². The van der Waals surface area contributed by atoms with Crippen LogP contribution in [0.15, 0.2) is 52.3 Å². The van der Waals surface area contributed by atoms with E-state index in [1.807, 2.05) is 37.4 Å². The van der Waals surface area contributed by atoms with Crippen LogP contribution in [-0.4, -0.2) is 32.8 Å². The Morgan fingerprint density at radius 1 is 1.18 bits per heavy atom. The van der Waals surface area contributed by atoms with Crippen molar-refractivity contribution in [1.82, 2.24) is 14.9 Å². The highest BCUT2D eigenvalue weighted by Crippen LogP contribution is 2.18. The molecule has 2 N–H and O–H groups in total. The highest BCUT2D eigenvalue weighted by atomic mass is 32.2. The average molecular weight is 397 g/mol. The van der Waals surface area contributed by atoms with Gasteiger partial charge in [-0.05, 0) is 36.9 Å². The van der Waals surface area contributed by atoms with Crippen molar-refractivity contribution < 1.29 is 14.7 Å². The summed E-state index contributed by atoms with van der Waals surface area (Å²) in [6, 6.07) is 12.6. The third kappa shape index (κ3) is 4.23. The van der Waals surface area contributed by atoms with E-state index in [1.54, 1.807) is 12.1 Å². The molecule has 144 valence electrons. The third-order valence-corrected chi connectivity index (χ3v) is 4.88. The minimum atomic E-state index is -1.18. The quantitative estimate of drug-likeness (QED) is 0.620. The summed E-state index contributed by atoms with van der Waals surface area (Å²) >= 11 is 1.38. The number of nitrogens with one attached hydrogen (secondary N) is 1. The fourth-order valence-corrected chi connectivity index (χ4v) is 3.15. The summed E-state index contributed by atoms with van der Waals surface area (Å²) < 4.78 is 1.03. The molecule has 0 fully saturated rings. The number of carboxylic acids is 1. The molecule has 3 rings (SSSR count). The van der Waals surface area contributed by atoms with E-state index in [9.17, 15) is 19.5 Å². The van der Waals surface area contributed by atoms with Gasteiger partial charge in [-0.3, -0.25) is 19.0 Å². The first kappa shape index (κ1) is 19.6. The van der Waals surface area contributed by atoms with E-state index in [0.717, 1.165) is 15.7 Å². The van der Waals surface area contributed by atoms with Gasteiger partial charge in [0.15, 0.2) is 0 Å². The van der Waals surface area contributed by atoms with E-state index in [2.05, 4.69) is 10.3 Å². The van der Waals surface area contributed by atoms with E-state index >= 15 is 0 Å². The Labute approximate surface area is 165 Å². The fraction of sp³-hybridized carbons (Fsp3) is 0.200. The van der Waals surface area contributed by atoms with Crippen molar-refractivity contribution in [2.45, 2.75) is 25.0 Å². The normalized spacial score (nSPS) is 10.8. The van der Waals surface area contributed by atoms with Crippen molar-refractivity contribution in [2.24, 2.45) is 0 Å². The highest BCUT2D eigenvalue weighted by Gasteiger charge is 2.18. The molecule has 0 unspecified atom stereocenters. The minimum absolute atomic E-state index is 0.112. The van der Waals surface area contributed by atoms with Gasteiger partial charge >= 0.3 is 5.97 Å². The first-order chi connectivity index (χ1) is 13.4. The number of aliphatic carboxylic acids is 1. The standard InChI is InChI=1S/C20H19N3O4S/c1-12-3-5-13(6-4-12)10-21-19(26)15-9-14-7-8-16(28-2)22-18(14)23(20(15)27)11-17(24)25/h3-9H,10-11H2,1-2H3,(H,21,26)(H,24,25). The number of pyridine rings is 2. The van der Waals surface area contributed by atoms with Gasteiger partial charge in [-0.15, -0.1) is 11.8 Å². The SMILES string of the molecule is CSc1ccc2cc(C(=O)NCc3ccc(C)cc3)c(=O)n(CC(=O)O)c2n1. The Bertz CT molecular complexity index is 1110. The largest absolute Gasteiger partial charge is 0.480 e. The van der Waals surface area contributed by atoms with Crippen molar-refractivity contribution in [1.29, 1.82) is 0 Å². The molecule has 8 heteroatoms. The fourth-order valence-electron chi connectivity index (χ4n) is 2.77. The molecular formula is C20H19N3O4S. The molecule has 0 aliphatic heterocycles. The molecule has 0 spiro atoms. The van der Waals surface area contributed by atoms with E-state index in [4.69, 9.17) is 0 Å². The van der Waals surface area contributed by atoms with Gasteiger partial charge in [0.25, 0.3) is 11.5 Å². The average Bonchev–Trinajstić information content (AvgIpc) is 2.68. The Morgan fingerprint density at radius 2 is 1.89 bits per heavy atom. The zero-order valence-corrected chi connectivity index (χ0v) is 16.2. The number of benzene rings is 1. The second kappa shape index (κ2) is 8.26. The molecule has 0 saturated carbocycles. The summed E-state index contributed by atoms with van der Waals surface area (Å²) in [6.45, 7) is 1.66. The number of amides is 1. The van der Waals surface area contributed by atoms with Crippen LogP contribution in [0.2, 0.25) is 0 Å². The lowest BCUT2D eigenvalue weighted by Gasteiger charge is -2.12. The summed E-state index contributed by atoms with van der Waals surface area (Å²) in [4.78, 5) is 41.0. The molecule has 0 aliphatic rings. The Morgan fingerprint density at radius 3 is 2.54 bits per heavy atom. The Hall–Kier alpha value is -3.13. The second-order valence-electron chi connectivity index (χ2n) is 6.28. The lowest BCUT2D eigenvalue weighted by atomic mass is 10.1. The van der Waals surface area contributed by atoms with Gasteiger partial charge in [0.2, 0.25) is 0 Å². The van der Waals surface area contributed by atoms with Gasteiger partial charge in [-0.25, -0.2) is 4.98 Å². The molecule has 2 heterocycles. The number of rotatable bonds is 6. The van der Waals surface area contributed by atoms with Crippen LogP contribution in [0.25, 0.3) is 11.0 Å². The van der Waals surface area contributed by atoms with Crippen LogP contribution < -0.4 is 10.9 Å². The van der Waals surface area contributed by atoms with Crippen LogP contribution in [0.1, 0.15) is 21.5 Å². The minimum Gasteiger partial charge on any atom is -0.480 e. The van der Waals surface area contributed by atoms with Gasteiger partial charge in [0.1, 0.15) is 17.8 Å². The first-order valence-corrected chi connectivity index (χ1v) is 9.75. The number of nitrogens with zero attached hydrogens (tertiary/aromatic N) is 2. The van der Waals surface area contributed by atoms with Gasteiger partial charge in [0, 0.05) is 11.9 Å². The number of hydrogen-bond donors (Lipinski definition) is 2. The molecule has 0 atom stereocenters. The topological polar surface area (TPSA) is 101 Å². The van der Waals surface area contributed by atoms with Crippen molar-refractivity contribution in [3.63, 3.8) is 0 Å². The lowest BCUT2D eigenvalue weighted by molar-refractivity contribution is -0.137. The summed E-state index contributed by atoms with van der Waals surface area (Å²) in [5.74, 6) is -1.74. The number of carbonyl (C=O) groups excluding carboxylic acids is 1. The van der Waals surface area contributed by atoms with Crippen LogP contribution in [0.4, 0.5) is 0 Å². The molecule has 2 aromatic heterocycles. The zero-order valence-electron chi connectivity index (χ0n) is 15.4. The van der Waals surface area contributed by atoms with E-state index < -0.39 is 24.0 Å². The summed E-state index contributed by atoms with van der Waals surface area (Å²) in [6.07, 6.45) is 1.83. The zero-order chi connectivity index (χ0) is 20.3. The van der Waals surface area contributed by atoms with Crippen LogP contribution in [0.5, 0.6) is 0 Å². The first-order valence-electron chi connectivity index (χ1n) is 8.53. The molecule has 1 aromatic carbocycles. The molecule has 0 aliphatic carbocycles. The number of thioether (sulfide) groups is 1. The van der Waals surface area contributed by atoms with Crippen LogP contribution >= 0.6 is 11.8 Å². The summed E-state index contributed by atoms with van der Waals surface area (Å²) in [5, 5.41) is 13.1. The number of carboxylic acid groups (broad SMARTS) is 1. The maximum absolute atomic E-state index is 12.8. The van der Waals surface area contributed by atoms with Crippen molar-refractivity contribution in [3.8, 4) is 0 Å². The third-order valence-electron chi connectivity index (χ3n) is 4.23. The highest BCUT2D eigenvalue weighted by molar-refractivity contribution is 7.98. The van der Waals surface area contributed by atoms with E-state index in [1.165, 1.54) is 17.8 Å². The number of aromatic nitrogens is 2. The van der Waals surface area contributed by atoms with Crippen molar-refractivity contribution >= 4 is 34.7 Å². The second-order valence-corrected chi connectivity index (χ2v) is 7.10. The summed E-state index contributed by atoms with van der Waals surface area (Å²) in [7, 11) is 0. The molecule has 28 heavy (non-hydrogen) atoms. The monoisotopic (exact) mass is 397 g/mol.